The molecule has 0 aliphatic heterocycles. The van der Waals surface area contributed by atoms with Crippen LogP contribution in [0.2, 0.25) is 0 Å². The van der Waals surface area contributed by atoms with Gasteiger partial charge in [-0.05, 0) is 48.5 Å². The summed E-state index contributed by atoms with van der Waals surface area (Å²) in [7, 11) is 0. The number of rotatable bonds is 5. The summed E-state index contributed by atoms with van der Waals surface area (Å²) in [6, 6.07) is 23.4. The third kappa shape index (κ3) is 3.58. The van der Waals surface area contributed by atoms with Crippen molar-refractivity contribution < 1.29 is 4.74 Å². The van der Waals surface area contributed by atoms with E-state index in [1.807, 2.05) is 72.8 Å². The Morgan fingerprint density at radius 1 is 0.767 bits per heavy atom. The second-order valence-corrected chi connectivity index (χ2v) is 6.87. The minimum absolute atomic E-state index is 0.250. The summed E-state index contributed by atoms with van der Waals surface area (Å²) in [5, 5.41) is 1.11. The summed E-state index contributed by atoms with van der Waals surface area (Å²) in [6.45, 7) is 0.382. The molecule has 0 aliphatic rings. The molecule has 0 spiro atoms. The molecule has 0 unspecified atom stereocenters. The quantitative estimate of drug-likeness (QED) is 0.458. The van der Waals surface area contributed by atoms with Crippen LogP contribution >= 0.6 is 0 Å². The van der Waals surface area contributed by atoms with Crippen LogP contribution in [0.4, 0.5) is 0 Å². The van der Waals surface area contributed by atoms with Gasteiger partial charge in [0.2, 0.25) is 0 Å². The van der Waals surface area contributed by atoms with Gasteiger partial charge >= 0.3 is 5.69 Å². The first kappa shape index (κ1) is 17.9. The molecule has 0 saturated carbocycles. The lowest BCUT2D eigenvalue weighted by Gasteiger charge is -2.08. The van der Waals surface area contributed by atoms with Gasteiger partial charge in [-0.2, -0.15) is 0 Å². The van der Waals surface area contributed by atoms with Gasteiger partial charge in [0.15, 0.2) is 0 Å². The van der Waals surface area contributed by atoms with Gasteiger partial charge in [-0.1, -0.05) is 24.3 Å². The van der Waals surface area contributed by atoms with Crippen LogP contribution in [0.3, 0.4) is 0 Å². The third-order valence-corrected chi connectivity index (χ3v) is 4.88. The van der Waals surface area contributed by atoms with Crippen molar-refractivity contribution in [2.75, 3.05) is 0 Å². The highest BCUT2D eigenvalue weighted by Gasteiger charge is 2.11. The zero-order valence-corrected chi connectivity index (χ0v) is 16.0. The van der Waals surface area contributed by atoms with Crippen LogP contribution in [-0.2, 0) is 6.61 Å². The summed E-state index contributed by atoms with van der Waals surface area (Å²) in [4.78, 5) is 26.3. The van der Waals surface area contributed by atoms with Crippen molar-refractivity contribution in [3.63, 3.8) is 0 Å². The minimum Gasteiger partial charge on any atom is -0.487 e. The highest BCUT2D eigenvalue weighted by atomic mass is 16.5. The number of H-pyrrole nitrogens is 2. The van der Waals surface area contributed by atoms with Crippen LogP contribution in [-0.4, -0.2) is 19.9 Å². The number of nitrogens with zero attached hydrogens (tertiary/aromatic N) is 2. The lowest BCUT2D eigenvalue weighted by atomic mass is 10.1. The fourth-order valence-corrected chi connectivity index (χ4v) is 3.40. The van der Waals surface area contributed by atoms with E-state index in [9.17, 15) is 4.79 Å². The van der Waals surface area contributed by atoms with Crippen molar-refractivity contribution in [2.45, 2.75) is 6.61 Å². The standard InChI is InChI=1S/C24H18N4O2/c29-24-27-22(23(28-24)18-11-13-25-14-12-18)17-6-9-20(10-7-17)30-15-19-8-5-16-3-1-2-4-21(16)26-19/h1-14H,15H2,(H2,27,28,29). The normalized spacial score (nSPS) is 10.9. The maximum Gasteiger partial charge on any atom is 0.323 e. The van der Waals surface area contributed by atoms with E-state index < -0.39 is 0 Å². The predicted molar refractivity (Wildman–Crippen MR) is 116 cm³/mol. The molecule has 2 N–H and O–H groups in total. The molecule has 0 aliphatic carbocycles. The summed E-state index contributed by atoms with van der Waals surface area (Å²) < 4.78 is 5.90. The maximum absolute atomic E-state index is 11.9. The molecule has 3 heterocycles. The number of hydrogen-bond donors (Lipinski definition) is 2. The van der Waals surface area contributed by atoms with E-state index >= 15 is 0 Å². The summed E-state index contributed by atoms with van der Waals surface area (Å²) in [5.41, 5.74) is 4.81. The Labute approximate surface area is 172 Å². The molecule has 5 aromatic rings. The molecule has 0 amide bonds. The molecule has 0 saturated heterocycles. The predicted octanol–water partition coefficient (Wildman–Crippen LogP) is 4.56. The van der Waals surface area contributed by atoms with Gasteiger partial charge in [0, 0.05) is 28.9 Å². The molecule has 0 bridgehead atoms. The Hall–Kier alpha value is -4.19. The Morgan fingerprint density at radius 2 is 1.47 bits per heavy atom. The van der Waals surface area contributed by atoms with Gasteiger partial charge in [0.05, 0.1) is 22.6 Å². The minimum atomic E-state index is -0.250. The van der Waals surface area contributed by atoms with E-state index in [2.05, 4.69) is 19.9 Å². The molecule has 146 valence electrons. The molecule has 0 atom stereocenters. The monoisotopic (exact) mass is 394 g/mol. The molecule has 5 rings (SSSR count). The molecule has 6 heteroatoms. The van der Waals surface area contributed by atoms with Crippen molar-refractivity contribution in [3.8, 4) is 28.3 Å². The van der Waals surface area contributed by atoms with Gasteiger partial charge in [-0.25, -0.2) is 9.78 Å². The lowest BCUT2D eigenvalue weighted by Crippen LogP contribution is -2.00. The van der Waals surface area contributed by atoms with Crippen molar-refractivity contribution in [1.29, 1.82) is 0 Å². The van der Waals surface area contributed by atoms with Crippen LogP contribution in [0.25, 0.3) is 33.4 Å². The molecule has 0 radical (unpaired) electrons. The Bertz CT molecular complexity index is 1360. The van der Waals surface area contributed by atoms with E-state index in [0.717, 1.165) is 44.9 Å². The summed E-state index contributed by atoms with van der Waals surface area (Å²) >= 11 is 0. The average molecular weight is 394 g/mol. The average Bonchev–Trinajstić information content (AvgIpc) is 3.20. The zero-order chi connectivity index (χ0) is 20.3. The van der Waals surface area contributed by atoms with Gasteiger partial charge in [0.25, 0.3) is 0 Å². The second-order valence-electron chi connectivity index (χ2n) is 6.87. The van der Waals surface area contributed by atoms with E-state index in [1.165, 1.54) is 0 Å². The van der Waals surface area contributed by atoms with Gasteiger partial charge in [-0.3, -0.25) is 4.98 Å². The highest BCUT2D eigenvalue weighted by Crippen LogP contribution is 2.28. The topological polar surface area (TPSA) is 83.7 Å². The smallest absolute Gasteiger partial charge is 0.323 e. The number of nitrogens with one attached hydrogen (secondary N) is 2. The van der Waals surface area contributed by atoms with Crippen LogP contribution in [0, 0.1) is 0 Å². The fraction of sp³-hybridized carbons (Fsp3) is 0.0417. The number of benzene rings is 2. The number of imidazole rings is 1. The number of aromatic nitrogens is 4. The number of aromatic amines is 2. The van der Waals surface area contributed by atoms with E-state index in [-0.39, 0.29) is 5.69 Å². The van der Waals surface area contributed by atoms with Crippen LogP contribution in [0.5, 0.6) is 5.75 Å². The van der Waals surface area contributed by atoms with E-state index in [4.69, 9.17) is 4.74 Å². The van der Waals surface area contributed by atoms with E-state index in [1.54, 1.807) is 12.4 Å². The number of hydrogen-bond acceptors (Lipinski definition) is 4. The number of ether oxygens (including phenoxy) is 1. The van der Waals surface area contributed by atoms with E-state index in [0.29, 0.717) is 6.61 Å². The van der Waals surface area contributed by atoms with Gasteiger partial charge in [-0.15, -0.1) is 0 Å². The maximum atomic E-state index is 11.9. The number of pyridine rings is 2. The Balaban J connectivity index is 1.35. The van der Waals surface area contributed by atoms with Crippen LogP contribution in [0.1, 0.15) is 5.69 Å². The first-order chi connectivity index (χ1) is 14.8. The number of para-hydroxylation sites is 1. The molecule has 0 fully saturated rings. The first-order valence-corrected chi connectivity index (χ1v) is 9.57. The van der Waals surface area contributed by atoms with Crippen molar-refractivity contribution in [3.05, 3.63) is 101 Å². The largest absolute Gasteiger partial charge is 0.487 e. The van der Waals surface area contributed by atoms with Crippen LogP contribution < -0.4 is 10.4 Å². The molecule has 3 aromatic heterocycles. The SMILES string of the molecule is O=c1[nH]c(-c2ccncc2)c(-c2ccc(OCc3ccc4ccccc4n3)cc2)[nH]1. The third-order valence-electron chi connectivity index (χ3n) is 4.88. The van der Waals surface area contributed by atoms with Gasteiger partial charge < -0.3 is 14.7 Å². The summed E-state index contributed by atoms with van der Waals surface area (Å²) in [5.74, 6) is 0.733. The van der Waals surface area contributed by atoms with Crippen molar-refractivity contribution in [1.82, 2.24) is 19.9 Å². The van der Waals surface area contributed by atoms with Crippen LogP contribution in [0.15, 0.2) is 90.0 Å². The summed E-state index contributed by atoms with van der Waals surface area (Å²) in [6.07, 6.45) is 3.39. The zero-order valence-electron chi connectivity index (χ0n) is 16.0. The molecule has 6 nitrogen and oxygen atoms in total. The molecular weight excluding hydrogens is 376 g/mol. The van der Waals surface area contributed by atoms with Crippen molar-refractivity contribution in [2.24, 2.45) is 0 Å². The first-order valence-electron chi connectivity index (χ1n) is 9.57. The number of fused-ring (bicyclic) bond motifs is 1. The highest BCUT2D eigenvalue weighted by molar-refractivity contribution is 5.79. The van der Waals surface area contributed by atoms with Gasteiger partial charge in [0.1, 0.15) is 12.4 Å². The van der Waals surface area contributed by atoms with Crippen molar-refractivity contribution >= 4 is 10.9 Å². The Morgan fingerprint density at radius 3 is 2.23 bits per heavy atom. The lowest BCUT2D eigenvalue weighted by molar-refractivity contribution is 0.302. The molecule has 2 aromatic carbocycles. The second kappa shape index (κ2) is 7.67. The fourth-order valence-electron chi connectivity index (χ4n) is 3.40. The Kier molecular flexibility index (Phi) is 4.57. The molecular formula is C24H18N4O2. The molecule has 30 heavy (non-hydrogen) atoms.